The number of aromatic hydroxyl groups is 1. The number of aromatic nitrogens is 1. The number of anilines is 1. The van der Waals surface area contributed by atoms with Crippen molar-refractivity contribution in [3.8, 4) is 5.75 Å². The van der Waals surface area contributed by atoms with Crippen LogP contribution in [0.1, 0.15) is 5.56 Å². The Morgan fingerprint density at radius 3 is 2.55 bits per heavy atom. The normalized spacial score (nSPS) is 10.8. The van der Waals surface area contributed by atoms with Crippen LogP contribution in [0.3, 0.4) is 0 Å². The van der Waals surface area contributed by atoms with Crippen LogP contribution < -0.4 is 4.90 Å². The van der Waals surface area contributed by atoms with Crippen LogP contribution in [0.5, 0.6) is 5.75 Å². The van der Waals surface area contributed by atoms with E-state index in [-0.39, 0.29) is 28.8 Å². The van der Waals surface area contributed by atoms with Crippen LogP contribution in [-0.2, 0) is 6.54 Å². The molecule has 0 atom stereocenters. The van der Waals surface area contributed by atoms with Crippen molar-refractivity contribution in [1.29, 1.82) is 0 Å². The Balaban J connectivity index is 2.34. The molecule has 7 heteroatoms. The van der Waals surface area contributed by atoms with E-state index in [0.717, 1.165) is 12.1 Å². The van der Waals surface area contributed by atoms with Crippen molar-refractivity contribution in [2.45, 2.75) is 13.1 Å². The van der Waals surface area contributed by atoms with E-state index >= 15 is 0 Å². The first-order valence-corrected chi connectivity index (χ1v) is 6.00. The molecule has 0 unspecified atom stereocenters. The summed E-state index contributed by atoms with van der Waals surface area (Å²) in [7, 11) is 0. The van der Waals surface area contributed by atoms with Gasteiger partial charge in [-0.2, -0.15) is 8.78 Å². The number of phenolic OH excluding ortho intramolecular Hbond substituents is 1. The van der Waals surface area contributed by atoms with Crippen LogP contribution in [0.25, 0.3) is 0 Å². The fourth-order valence-electron chi connectivity index (χ4n) is 1.68. The van der Waals surface area contributed by atoms with E-state index in [1.54, 1.807) is 12.1 Å². The summed E-state index contributed by atoms with van der Waals surface area (Å²) < 4.78 is 39.4. The number of phenols is 1. The minimum absolute atomic E-state index is 0.124. The van der Waals surface area contributed by atoms with Gasteiger partial charge in [-0.15, -0.1) is 0 Å². The van der Waals surface area contributed by atoms with Gasteiger partial charge in [-0.25, -0.2) is 9.37 Å². The molecule has 3 nitrogen and oxygen atoms in total. The summed E-state index contributed by atoms with van der Waals surface area (Å²) in [6.45, 7) is -3.24. The van der Waals surface area contributed by atoms with Gasteiger partial charge in [-0.3, -0.25) is 4.90 Å². The van der Waals surface area contributed by atoms with E-state index in [4.69, 9.17) is 11.6 Å². The van der Waals surface area contributed by atoms with E-state index in [0.29, 0.717) is 4.90 Å². The fourth-order valence-corrected chi connectivity index (χ4v) is 1.87. The fraction of sp³-hybridized carbons (Fsp3) is 0.154. The summed E-state index contributed by atoms with van der Waals surface area (Å²) in [4.78, 5) is 4.22. The van der Waals surface area contributed by atoms with Gasteiger partial charge in [0.25, 0.3) is 0 Å². The monoisotopic (exact) mass is 302 g/mol. The highest BCUT2D eigenvalue weighted by atomic mass is 35.5. The molecule has 20 heavy (non-hydrogen) atoms. The minimum atomic E-state index is -2.92. The second-order valence-corrected chi connectivity index (χ2v) is 4.39. The topological polar surface area (TPSA) is 36.4 Å². The molecule has 1 aromatic heterocycles. The molecule has 1 aromatic carbocycles. The first kappa shape index (κ1) is 14.5. The smallest absolute Gasteiger partial charge is 0.316 e. The Kier molecular flexibility index (Phi) is 4.34. The second kappa shape index (κ2) is 6.00. The molecule has 0 saturated heterocycles. The second-order valence-electron chi connectivity index (χ2n) is 4.00. The number of rotatable bonds is 4. The summed E-state index contributed by atoms with van der Waals surface area (Å²) >= 11 is 5.56. The summed E-state index contributed by atoms with van der Waals surface area (Å²) in [6.07, 6.45) is 0. The summed E-state index contributed by atoms with van der Waals surface area (Å²) in [5.74, 6) is -1.18. The highest BCUT2D eigenvalue weighted by Gasteiger charge is 2.21. The van der Waals surface area contributed by atoms with Gasteiger partial charge >= 0.3 is 6.55 Å². The third kappa shape index (κ3) is 3.33. The molecular weight excluding hydrogens is 293 g/mol. The van der Waals surface area contributed by atoms with Crippen molar-refractivity contribution in [1.82, 2.24) is 4.98 Å². The average molecular weight is 303 g/mol. The molecule has 0 bridgehead atoms. The van der Waals surface area contributed by atoms with Gasteiger partial charge in [0.15, 0.2) is 0 Å². The lowest BCUT2D eigenvalue weighted by Crippen LogP contribution is -2.29. The molecule has 1 N–H and O–H groups in total. The van der Waals surface area contributed by atoms with Gasteiger partial charge in [-0.05, 0) is 6.07 Å². The number of para-hydroxylation sites is 1. The Morgan fingerprint density at radius 2 is 1.95 bits per heavy atom. The lowest BCUT2D eigenvalue weighted by molar-refractivity contribution is 0.139. The standard InChI is InChI=1S/C13H10ClF3N2O/c14-11-5-9(15)6-12(18-11)19(13(16)17)7-8-3-1-2-4-10(8)20/h1-6,13,20H,7H2. The van der Waals surface area contributed by atoms with Crippen LogP contribution in [0, 0.1) is 5.82 Å². The van der Waals surface area contributed by atoms with Crippen molar-refractivity contribution in [2.24, 2.45) is 0 Å². The van der Waals surface area contributed by atoms with Crippen LogP contribution in [0.4, 0.5) is 19.0 Å². The quantitative estimate of drug-likeness (QED) is 0.689. The van der Waals surface area contributed by atoms with Crippen LogP contribution in [0.2, 0.25) is 5.15 Å². The third-order valence-corrected chi connectivity index (χ3v) is 2.80. The molecule has 0 aliphatic heterocycles. The molecule has 0 aliphatic rings. The highest BCUT2D eigenvalue weighted by Crippen LogP contribution is 2.25. The van der Waals surface area contributed by atoms with Crippen molar-refractivity contribution >= 4 is 17.4 Å². The molecule has 0 saturated carbocycles. The number of hydrogen-bond acceptors (Lipinski definition) is 3. The summed E-state index contributed by atoms with van der Waals surface area (Å²) in [5, 5.41) is 9.39. The van der Waals surface area contributed by atoms with E-state index in [9.17, 15) is 18.3 Å². The van der Waals surface area contributed by atoms with Gasteiger partial charge in [0.1, 0.15) is 22.5 Å². The maximum Gasteiger partial charge on any atom is 0.316 e. The van der Waals surface area contributed by atoms with Crippen LogP contribution in [0.15, 0.2) is 36.4 Å². The average Bonchev–Trinajstić information content (AvgIpc) is 2.36. The minimum Gasteiger partial charge on any atom is -0.508 e. The van der Waals surface area contributed by atoms with Gasteiger partial charge in [0.05, 0.1) is 6.54 Å². The first-order chi connectivity index (χ1) is 9.47. The van der Waals surface area contributed by atoms with E-state index in [1.165, 1.54) is 12.1 Å². The molecule has 106 valence electrons. The number of hydrogen-bond donors (Lipinski definition) is 1. The van der Waals surface area contributed by atoms with Gasteiger partial charge in [0.2, 0.25) is 0 Å². The summed E-state index contributed by atoms with van der Waals surface area (Å²) in [6, 6.07) is 7.83. The lowest BCUT2D eigenvalue weighted by atomic mass is 10.2. The Morgan fingerprint density at radius 1 is 1.25 bits per heavy atom. The van der Waals surface area contributed by atoms with E-state index in [1.807, 2.05) is 0 Å². The zero-order valence-corrected chi connectivity index (χ0v) is 10.9. The molecule has 1 heterocycles. The molecule has 0 radical (unpaired) electrons. The highest BCUT2D eigenvalue weighted by molar-refractivity contribution is 6.29. The van der Waals surface area contributed by atoms with E-state index in [2.05, 4.69) is 4.98 Å². The number of alkyl halides is 2. The Bertz CT molecular complexity index is 590. The predicted octanol–water partition coefficient (Wildman–Crippen LogP) is 3.81. The molecule has 2 aromatic rings. The Labute approximate surface area is 118 Å². The maximum atomic E-state index is 13.2. The van der Waals surface area contributed by atoms with Crippen molar-refractivity contribution < 1.29 is 18.3 Å². The zero-order chi connectivity index (χ0) is 14.7. The first-order valence-electron chi connectivity index (χ1n) is 5.62. The van der Waals surface area contributed by atoms with Crippen LogP contribution in [-0.4, -0.2) is 16.6 Å². The zero-order valence-electron chi connectivity index (χ0n) is 10.1. The SMILES string of the molecule is Oc1ccccc1CN(c1cc(F)cc(Cl)n1)C(F)F. The lowest BCUT2D eigenvalue weighted by Gasteiger charge is -2.23. The van der Waals surface area contributed by atoms with E-state index < -0.39 is 12.4 Å². The van der Waals surface area contributed by atoms with Crippen molar-refractivity contribution in [3.63, 3.8) is 0 Å². The molecular formula is C13H10ClF3N2O. The number of nitrogens with zero attached hydrogens (tertiary/aromatic N) is 2. The molecule has 0 aliphatic carbocycles. The summed E-state index contributed by atoms with van der Waals surface area (Å²) in [5.41, 5.74) is 0.273. The number of benzene rings is 1. The molecule has 0 fully saturated rings. The van der Waals surface area contributed by atoms with Crippen LogP contribution >= 0.6 is 11.6 Å². The Hall–Kier alpha value is -1.95. The molecule has 0 spiro atoms. The third-order valence-electron chi connectivity index (χ3n) is 2.61. The van der Waals surface area contributed by atoms with Gasteiger partial charge in [0, 0.05) is 17.7 Å². The van der Waals surface area contributed by atoms with Gasteiger partial charge in [-0.1, -0.05) is 29.8 Å². The predicted molar refractivity (Wildman–Crippen MR) is 69.5 cm³/mol. The van der Waals surface area contributed by atoms with Gasteiger partial charge < -0.3 is 5.11 Å². The largest absolute Gasteiger partial charge is 0.508 e. The van der Waals surface area contributed by atoms with Crippen molar-refractivity contribution in [3.05, 3.63) is 52.9 Å². The molecule has 0 amide bonds. The van der Waals surface area contributed by atoms with Crippen molar-refractivity contribution in [2.75, 3.05) is 4.90 Å². The number of pyridine rings is 1. The number of halogens is 4. The molecule has 2 rings (SSSR count). The maximum absolute atomic E-state index is 13.2.